The summed E-state index contributed by atoms with van der Waals surface area (Å²) in [6.45, 7) is 6.31. The molecule has 4 nitrogen and oxygen atoms in total. The normalized spacial score (nSPS) is 13.9. The summed E-state index contributed by atoms with van der Waals surface area (Å²) in [7, 11) is 0. The second kappa shape index (κ2) is 6.08. The van der Waals surface area contributed by atoms with Crippen molar-refractivity contribution in [3.05, 3.63) is 32.2 Å². The van der Waals surface area contributed by atoms with Gasteiger partial charge >= 0.3 is 0 Å². The van der Waals surface area contributed by atoms with Gasteiger partial charge in [0.2, 0.25) is 0 Å². The third-order valence-electron chi connectivity index (χ3n) is 3.84. The lowest BCUT2D eigenvalue weighted by Gasteiger charge is -2.09. The molecule has 0 aliphatic heterocycles. The highest BCUT2D eigenvalue weighted by Crippen LogP contribution is 2.22. The van der Waals surface area contributed by atoms with Crippen molar-refractivity contribution in [2.45, 2.75) is 46.1 Å². The van der Waals surface area contributed by atoms with Gasteiger partial charge < -0.3 is 10.3 Å². The number of hydrogen-bond donors (Lipinski definition) is 2. The number of pyridine rings is 1. The highest BCUT2D eigenvalue weighted by Gasteiger charge is 2.11. The van der Waals surface area contributed by atoms with Gasteiger partial charge in [-0.05, 0) is 38.7 Å². The topological polar surface area (TPSA) is 57.8 Å². The minimum atomic E-state index is 0.0840. The molecule has 2 heterocycles. The summed E-state index contributed by atoms with van der Waals surface area (Å²) in [6, 6.07) is 2.01. The molecule has 2 aromatic heterocycles. The summed E-state index contributed by atoms with van der Waals surface area (Å²) >= 11 is 1.56. The van der Waals surface area contributed by atoms with E-state index in [0.717, 1.165) is 46.3 Å². The van der Waals surface area contributed by atoms with E-state index in [4.69, 9.17) is 0 Å². The van der Waals surface area contributed by atoms with Crippen molar-refractivity contribution >= 4 is 28.1 Å². The molecule has 0 saturated carbocycles. The zero-order valence-corrected chi connectivity index (χ0v) is 14.0. The van der Waals surface area contributed by atoms with Crippen molar-refractivity contribution < 1.29 is 0 Å². The van der Waals surface area contributed by atoms with Gasteiger partial charge in [-0.2, -0.15) is 0 Å². The Morgan fingerprint density at radius 1 is 1.45 bits per heavy atom. The van der Waals surface area contributed by atoms with Gasteiger partial charge in [0.1, 0.15) is 0 Å². The third-order valence-corrected chi connectivity index (χ3v) is 4.61. The van der Waals surface area contributed by atoms with Gasteiger partial charge in [0.15, 0.2) is 10.6 Å². The second-order valence-corrected chi connectivity index (χ2v) is 6.73. The molecule has 1 aliphatic rings. The molecular weight excluding hydrogens is 294 g/mol. The molecule has 0 atom stereocenters. The van der Waals surface area contributed by atoms with E-state index in [0.29, 0.717) is 6.04 Å². The van der Waals surface area contributed by atoms with E-state index in [1.165, 1.54) is 5.57 Å². The summed E-state index contributed by atoms with van der Waals surface area (Å²) in [5.41, 5.74) is 3.04. The molecule has 0 radical (unpaired) electrons. The van der Waals surface area contributed by atoms with Crippen LogP contribution < -0.4 is 21.3 Å². The van der Waals surface area contributed by atoms with E-state index in [9.17, 15) is 4.79 Å². The van der Waals surface area contributed by atoms with Crippen LogP contribution in [0, 0.1) is 0 Å². The van der Waals surface area contributed by atoms with Crippen molar-refractivity contribution in [2.24, 2.45) is 0 Å². The summed E-state index contributed by atoms with van der Waals surface area (Å²) in [4.78, 5) is 20.4. The zero-order chi connectivity index (χ0) is 15.7. The molecule has 0 unspecified atom stereocenters. The standard InChI is InChI=1S/C17H21N3OS/c1-4-11-6-5-7-12-15(21)8-13(19-16(11)12)14-9-22-17(20-14)18-10(2)3/h7-10,19H,4-6H2,1-3H3,(H,18,20). The minimum absolute atomic E-state index is 0.0840. The van der Waals surface area contributed by atoms with Gasteiger partial charge in [-0.25, -0.2) is 4.98 Å². The van der Waals surface area contributed by atoms with E-state index in [1.807, 2.05) is 11.5 Å². The smallest absolute Gasteiger partial charge is 0.189 e. The monoisotopic (exact) mass is 315 g/mol. The lowest BCUT2D eigenvalue weighted by Crippen LogP contribution is -2.43. The van der Waals surface area contributed by atoms with Crippen LogP contribution in [-0.2, 0) is 0 Å². The van der Waals surface area contributed by atoms with E-state index in [2.05, 4.69) is 36.1 Å². The largest absolute Gasteiger partial charge is 0.359 e. The van der Waals surface area contributed by atoms with Crippen LogP contribution in [-0.4, -0.2) is 16.0 Å². The van der Waals surface area contributed by atoms with Crippen molar-refractivity contribution in [2.75, 3.05) is 5.32 Å². The predicted octanol–water partition coefficient (Wildman–Crippen LogP) is 2.45. The van der Waals surface area contributed by atoms with Gasteiger partial charge in [0.25, 0.3) is 0 Å². The fraction of sp³-hybridized carbons (Fsp3) is 0.412. The molecule has 2 N–H and O–H groups in total. The van der Waals surface area contributed by atoms with Crippen molar-refractivity contribution in [1.82, 2.24) is 9.97 Å². The molecule has 22 heavy (non-hydrogen) atoms. The van der Waals surface area contributed by atoms with Crippen molar-refractivity contribution in [3.63, 3.8) is 0 Å². The Balaban J connectivity index is 2.12. The number of aromatic amines is 1. The summed E-state index contributed by atoms with van der Waals surface area (Å²) < 4.78 is 0. The van der Waals surface area contributed by atoms with Crippen LogP contribution in [0.3, 0.4) is 0 Å². The molecule has 0 aromatic carbocycles. The SMILES string of the molecule is CCC1=c2[nH]c(-c3csc(NC(C)C)n3)cc(=O)c2=CCC1. The van der Waals surface area contributed by atoms with Crippen LogP contribution in [0.1, 0.15) is 40.0 Å². The first-order valence-corrected chi connectivity index (χ1v) is 8.64. The maximum absolute atomic E-state index is 12.4. The molecule has 2 aromatic rings. The highest BCUT2D eigenvalue weighted by atomic mass is 32.1. The fourth-order valence-electron chi connectivity index (χ4n) is 2.77. The van der Waals surface area contributed by atoms with Crippen LogP contribution in [0.25, 0.3) is 23.0 Å². The van der Waals surface area contributed by atoms with E-state index in [1.54, 1.807) is 17.4 Å². The minimum Gasteiger partial charge on any atom is -0.359 e. The van der Waals surface area contributed by atoms with Gasteiger partial charge in [0.05, 0.1) is 11.4 Å². The zero-order valence-electron chi connectivity index (χ0n) is 13.2. The number of H-pyrrole nitrogens is 1. The Hall–Kier alpha value is -1.88. The molecule has 116 valence electrons. The van der Waals surface area contributed by atoms with E-state index < -0.39 is 0 Å². The summed E-state index contributed by atoms with van der Waals surface area (Å²) in [5.74, 6) is 0. The molecule has 0 bridgehead atoms. The van der Waals surface area contributed by atoms with Gasteiger partial charge in [-0.15, -0.1) is 11.3 Å². The van der Waals surface area contributed by atoms with Crippen LogP contribution in [0.5, 0.6) is 0 Å². The average Bonchev–Trinajstić information content (AvgIpc) is 2.94. The molecule has 3 rings (SSSR count). The van der Waals surface area contributed by atoms with Crippen LogP contribution in [0.15, 0.2) is 16.2 Å². The number of fused-ring (bicyclic) bond motifs is 1. The Bertz CT molecular complexity index is 861. The Kier molecular flexibility index (Phi) is 4.16. The molecule has 1 aliphatic carbocycles. The van der Waals surface area contributed by atoms with Crippen LogP contribution in [0.2, 0.25) is 0 Å². The van der Waals surface area contributed by atoms with Gasteiger partial charge in [0, 0.05) is 28.1 Å². The summed E-state index contributed by atoms with van der Waals surface area (Å²) in [5, 5.41) is 7.99. The number of thiazole rings is 1. The molecule has 0 spiro atoms. The number of rotatable bonds is 4. The average molecular weight is 315 g/mol. The molecule has 0 amide bonds. The Morgan fingerprint density at radius 2 is 2.27 bits per heavy atom. The lowest BCUT2D eigenvalue weighted by molar-refractivity contribution is 0.896. The maximum Gasteiger partial charge on any atom is 0.189 e. The van der Waals surface area contributed by atoms with Crippen molar-refractivity contribution in [1.29, 1.82) is 0 Å². The first-order chi connectivity index (χ1) is 10.6. The van der Waals surface area contributed by atoms with Crippen LogP contribution >= 0.6 is 11.3 Å². The van der Waals surface area contributed by atoms with E-state index >= 15 is 0 Å². The van der Waals surface area contributed by atoms with E-state index in [-0.39, 0.29) is 5.43 Å². The number of aromatic nitrogens is 2. The predicted molar refractivity (Wildman–Crippen MR) is 93.6 cm³/mol. The first kappa shape index (κ1) is 15.0. The maximum atomic E-state index is 12.4. The highest BCUT2D eigenvalue weighted by molar-refractivity contribution is 7.14. The van der Waals surface area contributed by atoms with Crippen LogP contribution in [0.4, 0.5) is 5.13 Å². The van der Waals surface area contributed by atoms with Crippen molar-refractivity contribution in [3.8, 4) is 11.4 Å². The number of nitrogens with one attached hydrogen (secondary N) is 2. The number of anilines is 1. The molecule has 5 heteroatoms. The number of hydrogen-bond acceptors (Lipinski definition) is 4. The first-order valence-electron chi connectivity index (χ1n) is 7.76. The lowest BCUT2D eigenvalue weighted by atomic mass is 10.0. The third kappa shape index (κ3) is 2.86. The fourth-order valence-corrected chi connectivity index (χ4v) is 3.63. The number of nitrogens with zero attached hydrogens (tertiary/aromatic N) is 1. The van der Waals surface area contributed by atoms with Gasteiger partial charge in [-0.1, -0.05) is 13.0 Å². The second-order valence-electron chi connectivity index (χ2n) is 5.87. The van der Waals surface area contributed by atoms with Gasteiger partial charge in [-0.3, -0.25) is 4.79 Å². The molecular formula is C17H21N3OS. The summed E-state index contributed by atoms with van der Waals surface area (Å²) in [6.07, 6.45) is 5.00. The molecule has 0 saturated heterocycles. The molecule has 0 fully saturated rings. The quantitative estimate of drug-likeness (QED) is 0.911. The Labute approximate surface area is 133 Å². The Morgan fingerprint density at radius 3 is 3.00 bits per heavy atom.